The molecule has 1 aliphatic carbocycles. The van der Waals surface area contributed by atoms with Gasteiger partial charge in [-0.15, -0.1) is 0 Å². The molecule has 142 valence electrons. The third-order valence-electron chi connectivity index (χ3n) is 6.54. The number of hydrogen-bond acceptors (Lipinski definition) is 3. The Hall–Kier alpha value is -3.65. The van der Waals surface area contributed by atoms with Crippen molar-refractivity contribution in [2.24, 2.45) is 7.05 Å². The maximum absolute atomic E-state index is 10.8. The first kappa shape index (κ1) is 16.3. The maximum atomic E-state index is 10.8. The van der Waals surface area contributed by atoms with Gasteiger partial charge in [0, 0.05) is 47.4 Å². The first-order chi connectivity index (χ1) is 14.2. The van der Waals surface area contributed by atoms with Crippen LogP contribution in [0.3, 0.4) is 0 Å². The summed E-state index contributed by atoms with van der Waals surface area (Å²) in [5.41, 5.74) is 4.68. The monoisotopic (exact) mass is 380 g/mol. The number of nitrogens with one attached hydrogen (secondary N) is 1. The minimum Gasteiger partial charge on any atom is -0.494 e. The van der Waals surface area contributed by atoms with Crippen molar-refractivity contribution in [3.05, 3.63) is 60.3 Å². The molecule has 29 heavy (non-hydrogen) atoms. The normalized spacial score (nSPS) is 19.9. The van der Waals surface area contributed by atoms with Gasteiger partial charge >= 0.3 is 0 Å². The molecule has 0 saturated carbocycles. The molecule has 2 N–H and O–H groups in total. The molecule has 0 spiro atoms. The Morgan fingerprint density at radius 3 is 2.83 bits per heavy atom. The second-order valence-corrected chi connectivity index (χ2v) is 7.88. The third-order valence-corrected chi connectivity index (χ3v) is 6.54. The van der Waals surface area contributed by atoms with Crippen LogP contribution in [0.5, 0.6) is 5.88 Å². The van der Waals surface area contributed by atoms with E-state index in [4.69, 9.17) is 0 Å². The molecule has 0 amide bonds. The van der Waals surface area contributed by atoms with Crippen LogP contribution in [0, 0.1) is 11.3 Å². The van der Waals surface area contributed by atoms with Crippen molar-refractivity contribution in [3.8, 4) is 11.9 Å². The Morgan fingerprint density at radius 1 is 1.14 bits per heavy atom. The Morgan fingerprint density at radius 2 is 1.97 bits per heavy atom. The van der Waals surface area contributed by atoms with Gasteiger partial charge in [-0.2, -0.15) is 5.26 Å². The standard InChI is InChI=1S/C24H20N4O/c1-27-17-9-4-2-7-14(17)20-21-16(13-26-24(21)29)19-15-8-3-5-10-18(15)28(12-6-11-25)23(19)22(20)27/h2-5,7-10,13,15,18,26,29H,6,12H2,1H3. The summed E-state index contributed by atoms with van der Waals surface area (Å²) in [5.74, 6) is 0.417. The highest BCUT2D eigenvalue weighted by Crippen LogP contribution is 2.54. The van der Waals surface area contributed by atoms with Crippen molar-refractivity contribution in [3.63, 3.8) is 0 Å². The number of aromatic amines is 1. The fourth-order valence-corrected chi connectivity index (χ4v) is 5.43. The zero-order valence-corrected chi connectivity index (χ0v) is 16.1. The molecule has 2 aromatic heterocycles. The summed E-state index contributed by atoms with van der Waals surface area (Å²) in [5, 5.41) is 24.2. The third kappa shape index (κ3) is 1.93. The summed E-state index contributed by atoms with van der Waals surface area (Å²) in [7, 11) is 2.09. The van der Waals surface area contributed by atoms with E-state index in [1.165, 1.54) is 11.3 Å². The van der Waals surface area contributed by atoms with E-state index < -0.39 is 0 Å². The van der Waals surface area contributed by atoms with Crippen LogP contribution in [0.4, 0.5) is 5.69 Å². The average Bonchev–Trinajstić information content (AvgIpc) is 3.38. The number of rotatable bonds is 2. The van der Waals surface area contributed by atoms with E-state index in [-0.39, 0.29) is 17.8 Å². The number of aromatic hydroxyl groups is 1. The summed E-state index contributed by atoms with van der Waals surface area (Å²) in [6.07, 6.45) is 11.1. The number of hydrogen-bond donors (Lipinski definition) is 2. The van der Waals surface area contributed by atoms with Gasteiger partial charge in [-0.3, -0.25) is 0 Å². The highest BCUT2D eigenvalue weighted by molar-refractivity contribution is 6.27. The lowest BCUT2D eigenvalue weighted by molar-refractivity contribution is 0.463. The molecular weight excluding hydrogens is 360 g/mol. The second kappa shape index (κ2) is 5.68. The van der Waals surface area contributed by atoms with Gasteiger partial charge in [0.05, 0.1) is 35.1 Å². The fourth-order valence-electron chi connectivity index (χ4n) is 5.43. The van der Waals surface area contributed by atoms with Gasteiger partial charge in [-0.25, -0.2) is 0 Å². The van der Waals surface area contributed by atoms with E-state index in [1.807, 2.05) is 18.3 Å². The summed E-state index contributed by atoms with van der Waals surface area (Å²) >= 11 is 0. The molecule has 2 aromatic carbocycles. The van der Waals surface area contributed by atoms with Crippen LogP contribution in [-0.2, 0) is 7.05 Å². The Balaban J connectivity index is 1.85. The quantitative estimate of drug-likeness (QED) is 0.523. The van der Waals surface area contributed by atoms with Gasteiger partial charge in [0.25, 0.3) is 0 Å². The minimum absolute atomic E-state index is 0.187. The molecule has 0 bridgehead atoms. The van der Waals surface area contributed by atoms with Gasteiger partial charge in [0.15, 0.2) is 5.88 Å². The topological polar surface area (TPSA) is 68.0 Å². The van der Waals surface area contributed by atoms with E-state index in [0.29, 0.717) is 13.0 Å². The largest absolute Gasteiger partial charge is 0.494 e. The molecular formula is C24H20N4O. The molecule has 2 aliphatic rings. The van der Waals surface area contributed by atoms with Crippen molar-refractivity contribution in [2.45, 2.75) is 18.4 Å². The van der Waals surface area contributed by atoms with Crippen LogP contribution in [0.2, 0.25) is 0 Å². The zero-order valence-electron chi connectivity index (χ0n) is 16.1. The van der Waals surface area contributed by atoms with Crippen LogP contribution in [-0.4, -0.2) is 27.2 Å². The predicted octanol–water partition coefficient (Wildman–Crippen LogP) is 4.83. The number of allylic oxidation sites excluding steroid dienone is 2. The number of benzene rings is 2. The molecule has 0 fully saturated rings. The lowest BCUT2D eigenvalue weighted by Gasteiger charge is -2.28. The van der Waals surface area contributed by atoms with Crippen molar-refractivity contribution < 1.29 is 5.11 Å². The smallest absolute Gasteiger partial charge is 0.197 e. The van der Waals surface area contributed by atoms with E-state index in [0.717, 1.165) is 32.6 Å². The van der Waals surface area contributed by atoms with Crippen LogP contribution in [0.25, 0.3) is 32.6 Å². The molecule has 2 unspecified atom stereocenters. The SMILES string of the molecule is Cn1c2ccccc2c2c3c(O)[nH]cc3c3c(c21)N(CCC#N)C1C=CC=CC31. The molecule has 5 heteroatoms. The van der Waals surface area contributed by atoms with E-state index in [1.54, 1.807) is 0 Å². The Labute approximate surface area is 167 Å². The second-order valence-electron chi connectivity index (χ2n) is 7.88. The minimum atomic E-state index is 0.187. The van der Waals surface area contributed by atoms with E-state index >= 15 is 0 Å². The number of H-pyrrole nitrogens is 1. The number of nitriles is 1. The number of anilines is 1. The van der Waals surface area contributed by atoms with Crippen molar-refractivity contribution in [1.29, 1.82) is 5.26 Å². The highest BCUT2D eigenvalue weighted by atomic mass is 16.3. The molecule has 0 radical (unpaired) electrons. The first-order valence-corrected chi connectivity index (χ1v) is 9.94. The van der Waals surface area contributed by atoms with Crippen LogP contribution in [0.15, 0.2) is 54.8 Å². The van der Waals surface area contributed by atoms with Crippen molar-refractivity contribution >= 4 is 38.3 Å². The highest BCUT2D eigenvalue weighted by Gasteiger charge is 2.40. The number of fused-ring (bicyclic) bond motifs is 10. The molecule has 0 saturated heterocycles. The van der Waals surface area contributed by atoms with Crippen molar-refractivity contribution in [2.75, 3.05) is 11.4 Å². The number of nitrogens with zero attached hydrogens (tertiary/aromatic N) is 3. The van der Waals surface area contributed by atoms with E-state index in [2.05, 4.69) is 64.0 Å². The van der Waals surface area contributed by atoms with Gasteiger partial charge in [0.1, 0.15) is 0 Å². The zero-order chi connectivity index (χ0) is 19.7. The Kier molecular flexibility index (Phi) is 3.20. The van der Waals surface area contributed by atoms with Crippen LogP contribution >= 0.6 is 0 Å². The first-order valence-electron chi connectivity index (χ1n) is 9.94. The maximum Gasteiger partial charge on any atom is 0.197 e. The van der Waals surface area contributed by atoms with Gasteiger partial charge < -0.3 is 19.6 Å². The van der Waals surface area contributed by atoms with Gasteiger partial charge in [-0.05, 0) is 11.6 Å². The molecule has 2 atom stereocenters. The van der Waals surface area contributed by atoms with Gasteiger partial charge in [-0.1, -0.05) is 42.5 Å². The fraction of sp³-hybridized carbons (Fsp3) is 0.208. The summed E-state index contributed by atoms with van der Waals surface area (Å²) < 4.78 is 2.24. The van der Waals surface area contributed by atoms with Crippen LogP contribution < -0.4 is 4.90 Å². The molecule has 6 rings (SSSR count). The Bertz CT molecular complexity index is 1410. The van der Waals surface area contributed by atoms with Crippen molar-refractivity contribution in [1.82, 2.24) is 9.55 Å². The predicted molar refractivity (Wildman–Crippen MR) is 116 cm³/mol. The molecule has 1 aliphatic heterocycles. The number of aromatic nitrogens is 2. The lowest BCUT2D eigenvalue weighted by atomic mass is 9.88. The molecule has 3 heterocycles. The molecule has 4 aromatic rings. The number of aryl methyl sites for hydroxylation is 1. The van der Waals surface area contributed by atoms with E-state index in [9.17, 15) is 10.4 Å². The lowest BCUT2D eigenvalue weighted by Crippen LogP contribution is -2.33. The summed E-state index contributed by atoms with van der Waals surface area (Å²) in [4.78, 5) is 5.44. The van der Waals surface area contributed by atoms with Crippen LogP contribution in [0.1, 0.15) is 17.9 Å². The van der Waals surface area contributed by atoms with Gasteiger partial charge in [0.2, 0.25) is 0 Å². The average molecular weight is 380 g/mol. The summed E-state index contributed by atoms with van der Waals surface area (Å²) in [6, 6.07) is 10.8. The summed E-state index contributed by atoms with van der Waals surface area (Å²) in [6.45, 7) is 0.682. The molecule has 5 nitrogen and oxygen atoms in total. The number of para-hydroxylation sites is 1.